The van der Waals surface area contributed by atoms with Gasteiger partial charge in [0.2, 0.25) is 12.4 Å². The van der Waals surface area contributed by atoms with E-state index in [1.807, 2.05) is 48.5 Å². The van der Waals surface area contributed by atoms with E-state index in [1.54, 1.807) is 6.92 Å². The van der Waals surface area contributed by atoms with Gasteiger partial charge in [0.25, 0.3) is 0 Å². The molecule has 22 rings (SSSR count). The predicted octanol–water partition coefficient (Wildman–Crippen LogP) is 24.4. The smallest absolute Gasteiger partial charge is 0.347 e. The number of cyclic esters (lactones) is 1. The van der Waals surface area contributed by atoms with Crippen LogP contribution >= 0.6 is 0 Å². The summed E-state index contributed by atoms with van der Waals surface area (Å²) < 4.78 is 50.0. The zero-order chi connectivity index (χ0) is 83.3. The molecule has 0 aromatic rings. The molecular formula is C109H190O18. The highest BCUT2D eigenvalue weighted by molar-refractivity contribution is 5.87. The summed E-state index contributed by atoms with van der Waals surface area (Å²) in [5, 5.41) is 9.46. The van der Waals surface area contributed by atoms with E-state index in [0.717, 1.165) is 194 Å². The Hall–Kier alpha value is -4.32. The first-order valence-corrected chi connectivity index (χ1v) is 48.3. The van der Waals surface area contributed by atoms with E-state index >= 15 is 0 Å². The zero-order valence-electron chi connectivity index (χ0n) is 74.7. The SMILES string of the molecule is C.C.C.C.C.C.C.C.C.C.CC1C(C)C2CC1C(C(=O)OC1CCOC1=O)C2C(=O)OC(C)(C)C.CC1C(C)C2CC1C1C3CC(C(=O)OC(C)(C)C)C(C3)C21.CC1C(C)C2CC1C1C3CC(C(=O)OC4(C)C5CC6CC(C5)CC4C6)C(C3)C21.CC1C(C)C2CC1C1C3CC(C(=O)OC4CCCCO4)C(C3)C21.CCOC(C)OC(=O)C1C2CC(C(C)C2C)C1C(=O)O. The van der Waals surface area contributed by atoms with Crippen molar-refractivity contribution < 1.29 is 86.1 Å². The summed E-state index contributed by atoms with van der Waals surface area (Å²) in [6.07, 6.45) is 21.9. The van der Waals surface area contributed by atoms with Crippen LogP contribution < -0.4 is 0 Å². The number of hydrogen-bond acceptors (Lipinski definition) is 17. The normalized spacial score (nSPS) is 47.9. The molecule has 0 spiro atoms. The Balaban J connectivity index is 0.000000215. The van der Waals surface area contributed by atoms with Gasteiger partial charge in [0.15, 0.2) is 6.29 Å². The number of aliphatic carboxylic acids is 1. The minimum atomic E-state index is -0.873. The van der Waals surface area contributed by atoms with Gasteiger partial charge in [-0.3, -0.25) is 33.6 Å². The first-order valence-electron chi connectivity index (χ1n) is 48.3. The monoisotopic (exact) mass is 1790 g/mol. The maximum atomic E-state index is 13.6. The molecule has 1 N–H and O–H groups in total. The molecule has 18 heteroatoms. The molecule has 0 amide bonds. The first kappa shape index (κ1) is 110. The van der Waals surface area contributed by atoms with Gasteiger partial charge < -0.3 is 47.7 Å². The Kier molecular flexibility index (Phi) is 35.5. The van der Waals surface area contributed by atoms with Crippen LogP contribution in [-0.2, 0) is 81.0 Å². The highest BCUT2D eigenvalue weighted by Gasteiger charge is 2.72. The van der Waals surface area contributed by atoms with Gasteiger partial charge in [-0.15, -0.1) is 0 Å². The van der Waals surface area contributed by atoms with Gasteiger partial charge in [0.1, 0.15) is 16.8 Å². The van der Waals surface area contributed by atoms with Crippen LogP contribution in [0, 0.1) is 254 Å². The Morgan fingerprint density at radius 3 is 1.12 bits per heavy atom. The molecule has 42 atom stereocenters. The molecule has 18 nitrogen and oxygen atoms in total. The van der Waals surface area contributed by atoms with Gasteiger partial charge in [-0.2, -0.15) is 0 Å². The topological polar surface area (TPSA) is 240 Å². The fourth-order valence-corrected chi connectivity index (χ4v) is 34.5. The van der Waals surface area contributed by atoms with Crippen molar-refractivity contribution in [1.29, 1.82) is 0 Å². The third-order valence-electron chi connectivity index (χ3n) is 39.7. The number of carbonyl (C=O) groups is 8. The highest BCUT2D eigenvalue weighted by Crippen LogP contribution is 2.75. The van der Waals surface area contributed by atoms with Crippen molar-refractivity contribution in [2.24, 2.45) is 254 Å². The van der Waals surface area contributed by atoms with Crippen molar-refractivity contribution in [3.63, 3.8) is 0 Å². The molecule has 127 heavy (non-hydrogen) atoms. The molecule has 0 radical (unpaired) electrons. The number of rotatable bonds is 13. The molecule has 734 valence electrons. The summed E-state index contributed by atoms with van der Waals surface area (Å²) in [7, 11) is 0. The first-order chi connectivity index (χ1) is 55.3. The number of fused-ring (bicyclic) bond motifs is 31. The average molecular weight is 1790 g/mol. The molecule has 20 aliphatic carbocycles. The molecule has 2 aliphatic heterocycles. The van der Waals surface area contributed by atoms with E-state index in [1.165, 1.54) is 70.6 Å². The molecule has 0 aromatic carbocycles. The van der Waals surface area contributed by atoms with E-state index in [2.05, 4.69) is 76.2 Å². The highest BCUT2D eigenvalue weighted by atomic mass is 16.7. The third kappa shape index (κ3) is 18.9. The molecule has 20 saturated carbocycles. The maximum Gasteiger partial charge on any atom is 0.347 e. The van der Waals surface area contributed by atoms with Gasteiger partial charge in [-0.25, -0.2) is 4.79 Å². The Morgan fingerprint density at radius 1 is 0.394 bits per heavy atom. The number of ether oxygens (including phenoxy) is 9. The van der Waals surface area contributed by atoms with Gasteiger partial charge in [-0.1, -0.05) is 144 Å². The molecule has 22 aliphatic rings. The molecule has 22 fully saturated rings. The number of hydrogen-bond donors (Lipinski definition) is 1. The third-order valence-corrected chi connectivity index (χ3v) is 39.7. The van der Waals surface area contributed by atoms with Gasteiger partial charge in [0.05, 0.1) is 54.6 Å². The summed E-state index contributed by atoms with van der Waals surface area (Å²) in [5.41, 5.74) is -1.07. The standard InChI is InChI=1S/C26H38O2.C20H30O3.C19H28O6.C19H30O2.C15H24O5.10CH4/c1-12-13(2)20-11-19(12)23-16-9-21(24(20)23)22(10-16)25(27)28-26(3)17-5-14-4-15(7-17)8-18(26)6-14;1-10-11(2)14-9-13(10)18-12-7-15(19(14)18)16(8-12)20(21)23-17-5-3-4-6-22-17;1-9-10(2)12-8-11(9)14(15(12)18(22)25-19(3,4)5)17(21)24-13-6-7-23-16(13)20;1-9-10(2)13-8-12(9)16-11-6-14(17(13)16)15(7-11)18(20)21-19(3,4)5;1-5-19-9(4)20-15(18)13-11-6-10(7(2)8(11)3)12(13)14(16)17;;;;;;;;;;/h12-24H,4-11H2,1-3H3;10-19H,3-9H2,1-2H3;9-15H,6-8H2,1-5H3;9-17H,6-8H2,1-5H3;7-13H,5-6H2,1-4H3,(H,16,17);10*1H4. The largest absolute Gasteiger partial charge is 0.481 e. The number of esters is 7. The second-order valence-electron chi connectivity index (χ2n) is 46.4. The van der Waals surface area contributed by atoms with Crippen molar-refractivity contribution in [3.05, 3.63) is 0 Å². The Bertz CT molecular complexity index is 3710. The van der Waals surface area contributed by atoms with Crippen LogP contribution in [0.2, 0.25) is 0 Å². The minimum Gasteiger partial charge on any atom is -0.481 e. The lowest BCUT2D eigenvalue weighted by Crippen LogP contribution is -2.58. The second kappa shape index (κ2) is 41.1. The van der Waals surface area contributed by atoms with Crippen LogP contribution in [0.15, 0.2) is 0 Å². The maximum absolute atomic E-state index is 13.6. The molecular weight excluding hydrogens is 1600 g/mol. The van der Waals surface area contributed by atoms with Crippen molar-refractivity contribution in [1.82, 2.24) is 0 Å². The van der Waals surface area contributed by atoms with Crippen LogP contribution in [0.1, 0.15) is 334 Å². The van der Waals surface area contributed by atoms with Crippen molar-refractivity contribution in [3.8, 4) is 0 Å². The lowest BCUT2D eigenvalue weighted by Gasteiger charge is -2.59. The summed E-state index contributed by atoms with van der Waals surface area (Å²) in [5.74, 6) is 22.1. The van der Waals surface area contributed by atoms with Crippen molar-refractivity contribution >= 4 is 47.8 Å². The minimum absolute atomic E-state index is 0. The molecule has 2 heterocycles. The van der Waals surface area contributed by atoms with E-state index in [4.69, 9.17) is 42.6 Å². The quantitative estimate of drug-likeness (QED) is 0.0780. The fraction of sp³-hybridized carbons (Fsp3) is 0.927. The van der Waals surface area contributed by atoms with Gasteiger partial charge in [0, 0.05) is 19.4 Å². The molecule has 0 aromatic heterocycles. The van der Waals surface area contributed by atoms with E-state index in [-0.39, 0.29) is 164 Å². The Labute approximate surface area is 773 Å². The van der Waals surface area contributed by atoms with Crippen LogP contribution in [0.25, 0.3) is 0 Å². The summed E-state index contributed by atoms with van der Waals surface area (Å²) in [6, 6.07) is 0. The average Bonchev–Trinajstić information content (AvgIpc) is 1.55. The predicted molar refractivity (Wildman–Crippen MR) is 504 cm³/mol. The van der Waals surface area contributed by atoms with Crippen LogP contribution in [0.5, 0.6) is 0 Å². The van der Waals surface area contributed by atoms with Gasteiger partial charge >= 0.3 is 47.8 Å². The summed E-state index contributed by atoms with van der Waals surface area (Å²) in [4.78, 5) is 100.0. The number of carbonyl (C=O) groups excluding carboxylic acids is 7. The van der Waals surface area contributed by atoms with Crippen LogP contribution in [0.4, 0.5) is 0 Å². The second-order valence-corrected chi connectivity index (χ2v) is 46.4. The number of carboxylic acids is 1. The summed E-state index contributed by atoms with van der Waals surface area (Å²) >= 11 is 0. The summed E-state index contributed by atoms with van der Waals surface area (Å²) in [6.45, 7) is 42.1. The van der Waals surface area contributed by atoms with Crippen LogP contribution in [0.3, 0.4) is 0 Å². The molecule has 42 unspecified atom stereocenters. The van der Waals surface area contributed by atoms with E-state index in [0.29, 0.717) is 66.3 Å². The zero-order valence-corrected chi connectivity index (χ0v) is 74.7. The lowest BCUT2D eigenvalue weighted by atomic mass is 9.50. The van der Waals surface area contributed by atoms with Crippen LogP contribution in [-0.4, -0.2) is 108 Å². The molecule has 20 bridgehead atoms. The van der Waals surface area contributed by atoms with E-state index in [9.17, 15) is 43.5 Å². The molecule has 2 saturated heterocycles. The van der Waals surface area contributed by atoms with Gasteiger partial charge in [-0.05, 0) is 391 Å². The number of carboxylic acid groups (broad SMARTS) is 1. The fourth-order valence-electron chi connectivity index (χ4n) is 34.5. The Morgan fingerprint density at radius 2 is 0.748 bits per heavy atom. The van der Waals surface area contributed by atoms with Crippen molar-refractivity contribution in [2.75, 3.05) is 19.8 Å². The van der Waals surface area contributed by atoms with Crippen molar-refractivity contribution in [2.45, 2.75) is 370 Å². The lowest BCUT2D eigenvalue weighted by molar-refractivity contribution is -0.209. The van der Waals surface area contributed by atoms with E-state index < -0.39 is 65.5 Å².